The Bertz CT molecular complexity index is 1090. The van der Waals surface area contributed by atoms with Crippen LogP contribution in [0.5, 0.6) is 10.9 Å². The maximum absolute atomic E-state index is 11.6. The highest BCUT2D eigenvalue weighted by Gasteiger charge is 2.24. The summed E-state index contributed by atoms with van der Waals surface area (Å²) in [4.78, 5) is 17.4. The van der Waals surface area contributed by atoms with Gasteiger partial charge in [-0.1, -0.05) is 23.5 Å². The summed E-state index contributed by atoms with van der Waals surface area (Å²) in [5, 5.41) is 7.37. The lowest BCUT2D eigenvalue weighted by Crippen LogP contribution is -2.36. The predicted octanol–water partition coefficient (Wildman–Crippen LogP) is 4.83. The molecule has 1 aliphatic carbocycles. The van der Waals surface area contributed by atoms with Gasteiger partial charge in [0.15, 0.2) is 0 Å². The monoisotopic (exact) mass is 455 g/mol. The number of anilines is 1. The number of nitrogens with zero attached hydrogens (tertiary/aromatic N) is 1. The molecule has 2 heterocycles. The number of aromatic nitrogens is 1. The molecule has 0 bridgehead atoms. The van der Waals surface area contributed by atoms with Crippen molar-refractivity contribution in [3.05, 3.63) is 42.0 Å². The van der Waals surface area contributed by atoms with Crippen LogP contribution in [0.2, 0.25) is 0 Å². The number of carbonyl (C=O) groups excluding carboxylic acids is 1. The summed E-state index contributed by atoms with van der Waals surface area (Å²) < 4.78 is 12.7. The number of fused-ring (bicyclic) bond motifs is 2. The van der Waals surface area contributed by atoms with Gasteiger partial charge in [0, 0.05) is 17.5 Å². The van der Waals surface area contributed by atoms with Crippen molar-refractivity contribution in [1.29, 1.82) is 0 Å². The van der Waals surface area contributed by atoms with Crippen molar-refractivity contribution in [2.45, 2.75) is 49.3 Å². The summed E-state index contributed by atoms with van der Waals surface area (Å²) in [7, 11) is 1.67. The topological polar surface area (TPSA) is 72.5 Å². The van der Waals surface area contributed by atoms with Crippen LogP contribution in [-0.4, -0.2) is 35.9 Å². The van der Waals surface area contributed by atoms with Crippen molar-refractivity contribution in [2.24, 2.45) is 0 Å². The van der Waals surface area contributed by atoms with Gasteiger partial charge >= 0.3 is 0 Å². The maximum Gasteiger partial charge on any atom is 0.274 e. The molecule has 0 radical (unpaired) electrons. The number of hydrogen-bond acceptors (Lipinski definition) is 7. The zero-order chi connectivity index (χ0) is 21.2. The highest BCUT2D eigenvalue weighted by Crippen LogP contribution is 2.35. The number of thioether (sulfide) groups is 1. The lowest BCUT2D eigenvalue weighted by atomic mass is 9.93. The van der Waals surface area contributed by atoms with Gasteiger partial charge in [-0.3, -0.25) is 4.79 Å². The van der Waals surface area contributed by atoms with E-state index in [1.165, 1.54) is 5.56 Å². The van der Waals surface area contributed by atoms with Crippen molar-refractivity contribution in [3.8, 4) is 10.9 Å². The van der Waals surface area contributed by atoms with Crippen LogP contribution in [-0.2, 0) is 11.3 Å². The Morgan fingerprint density at radius 2 is 2.06 bits per heavy atom. The summed E-state index contributed by atoms with van der Waals surface area (Å²) in [6.07, 6.45) is 4.40. The van der Waals surface area contributed by atoms with Crippen molar-refractivity contribution < 1.29 is 14.3 Å². The van der Waals surface area contributed by atoms with E-state index in [4.69, 9.17) is 9.47 Å². The number of rotatable bonds is 6. The van der Waals surface area contributed by atoms with Gasteiger partial charge in [-0.25, -0.2) is 0 Å². The van der Waals surface area contributed by atoms with Crippen LogP contribution < -0.4 is 20.1 Å². The van der Waals surface area contributed by atoms with Crippen molar-refractivity contribution in [1.82, 2.24) is 10.3 Å². The van der Waals surface area contributed by atoms with Crippen LogP contribution >= 0.6 is 23.1 Å². The largest absolute Gasteiger partial charge is 0.494 e. The number of amides is 1. The maximum atomic E-state index is 11.6. The van der Waals surface area contributed by atoms with E-state index in [0.717, 1.165) is 64.0 Å². The first-order valence-corrected chi connectivity index (χ1v) is 12.4. The SMILES string of the molecule is COc1cccc2sc(O[C@H]3CC[C@H](NCc4ccc5c(c4)NC(=O)CS5)CC3)nc12. The van der Waals surface area contributed by atoms with E-state index in [9.17, 15) is 4.79 Å². The molecule has 0 unspecified atom stereocenters. The normalized spacial score (nSPS) is 20.9. The molecule has 1 fully saturated rings. The summed E-state index contributed by atoms with van der Waals surface area (Å²) in [6.45, 7) is 0.807. The second-order valence-electron chi connectivity index (χ2n) is 7.93. The molecule has 1 saturated carbocycles. The molecule has 0 atom stereocenters. The van der Waals surface area contributed by atoms with Gasteiger partial charge < -0.3 is 20.1 Å². The predicted molar refractivity (Wildman–Crippen MR) is 125 cm³/mol. The molecule has 2 N–H and O–H groups in total. The van der Waals surface area contributed by atoms with E-state index in [-0.39, 0.29) is 12.0 Å². The molecule has 6 nitrogen and oxygen atoms in total. The number of methoxy groups -OCH3 is 1. The Morgan fingerprint density at radius 3 is 2.90 bits per heavy atom. The van der Waals surface area contributed by atoms with Gasteiger partial charge in [-0.2, -0.15) is 4.98 Å². The number of ether oxygens (including phenoxy) is 2. The lowest BCUT2D eigenvalue weighted by Gasteiger charge is -2.29. The third-order valence-electron chi connectivity index (χ3n) is 5.80. The average molecular weight is 456 g/mol. The van der Waals surface area contributed by atoms with Gasteiger partial charge in [-0.15, -0.1) is 11.8 Å². The molecular formula is C23H25N3O3S2. The Kier molecular flexibility index (Phi) is 6.02. The third kappa shape index (κ3) is 4.66. The van der Waals surface area contributed by atoms with Crippen LogP contribution in [0.3, 0.4) is 0 Å². The molecule has 1 aliphatic heterocycles. The van der Waals surface area contributed by atoms with Gasteiger partial charge in [0.25, 0.3) is 5.19 Å². The standard InChI is InChI=1S/C23H25N3O3S2/c1-28-18-3-2-4-20-22(18)26-23(31-20)29-16-8-6-15(7-9-16)24-12-14-5-10-19-17(11-14)25-21(27)13-30-19/h2-5,10-11,15-16,24H,6-9,12-13H2,1H3,(H,25,27)/t15-,16-. The summed E-state index contributed by atoms with van der Waals surface area (Å²) in [5.74, 6) is 1.37. The fourth-order valence-electron chi connectivity index (χ4n) is 4.15. The van der Waals surface area contributed by atoms with Crippen molar-refractivity contribution in [2.75, 3.05) is 18.2 Å². The zero-order valence-electron chi connectivity index (χ0n) is 17.3. The minimum Gasteiger partial charge on any atom is -0.494 e. The fraction of sp³-hybridized carbons (Fsp3) is 0.391. The highest BCUT2D eigenvalue weighted by atomic mass is 32.2. The number of para-hydroxylation sites is 1. The molecular weight excluding hydrogens is 430 g/mol. The molecule has 31 heavy (non-hydrogen) atoms. The number of carbonyl (C=O) groups is 1. The van der Waals surface area contributed by atoms with Crippen LogP contribution in [0, 0.1) is 0 Å². The number of nitrogens with one attached hydrogen (secondary N) is 2. The van der Waals surface area contributed by atoms with E-state index < -0.39 is 0 Å². The first kappa shape index (κ1) is 20.6. The summed E-state index contributed by atoms with van der Waals surface area (Å²) >= 11 is 3.18. The highest BCUT2D eigenvalue weighted by molar-refractivity contribution is 8.00. The Balaban J connectivity index is 1.13. The van der Waals surface area contributed by atoms with Crippen LogP contribution in [0.25, 0.3) is 10.2 Å². The molecule has 5 rings (SSSR count). The van der Waals surface area contributed by atoms with E-state index in [2.05, 4.69) is 33.8 Å². The quantitative estimate of drug-likeness (QED) is 0.555. The first-order valence-electron chi connectivity index (χ1n) is 10.6. The van der Waals surface area contributed by atoms with Crippen molar-refractivity contribution >= 4 is 44.9 Å². The van der Waals surface area contributed by atoms with Crippen LogP contribution in [0.15, 0.2) is 41.3 Å². The number of hydrogen-bond donors (Lipinski definition) is 2. The Hall–Kier alpha value is -2.29. The van der Waals surface area contributed by atoms with Crippen molar-refractivity contribution in [3.63, 3.8) is 0 Å². The molecule has 2 aliphatic rings. The number of benzene rings is 2. The van der Waals surface area contributed by atoms with Gasteiger partial charge in [0.05, 0.1) is 23.2 Å². The smallest absolute Gasteiger partial charge is 0.274 e. The van der Waals surface area contributed by atoms with E-state index >= 15 is 0 Å². The summed E-state index contributed by atoms with van der Waals surface area (Å²) in [5.41, 5.74) is 3.01. The van der Waals surface area contributed by atoms with Gasteiger partial charge in [-0.05, 0) is 55.5 Å². The fourth-order valence-corrected chi connectivity index (χ4v) is 5.84. The minimum atomic E-state index is 0.0764. The average Bonchev–Trinajstić information content (AvgIpc) is 3.21. The van der Waals surface area contributed by atoms with E-state index in [0.29, 0.717) is 11.8 Å². The summed E-state index contributed by atoms with van der Waals surface area (Å²) in [6, 6.07) is 12.8. The van der Waals surface area contributed by atoms with Crippen LogP contribution in [0.4, 0.5) is 5.69 Å². The molecule has 162 valence electrons. The zero-order valence-corrected chi connectivity index (χ0v) is 19.0. The molecule has 1 amide bonds. The lowest BCUT2D eigenvalue weighted by molar-refractivity contribution is -0.113. The molecule has 8 heteroatoms. The Labute approximate surface area is 189 Å². The molecule has 0 spiro atoms. The molecule has 3 aromatic rings. The van der Waals surface area contributed by atoms with Crippen LogP contribution in [0.1, 0.15) is 31.2 Å². The molecule has 0 saturated heterocycles. The second kappa shape index (κ2) is 9.06. The molecule has 1 aromatic heterocycles. The number of thiazole rings is 1. The second-order valence-corrected chi connectivity index (χ2v) is 9.94. The third-order valence-corrected chi connectivity index (χ3v) is 7.78. The van der Waals surface area contributed by atoms with E-state index in [1.807, 2.05) is 18.2 Å². The van der Waals surface area contributed by atoms with Gasteiger partial charge in [0.1, 0.15) is 17.4 Å². The van der Waals surface area contributed by atoms with Gasteiger partial charge in [0.2, 0.25) is 5.91 Å². The first-order chi connectivity index (χ1) is 15.2. The van der Waals surface area contributed by atoms with E-state index in [1.54, 1.807) is 30.2 Å². The molecule has 2 aromatic carbocycles. The Morgan fingerprint density at radius 1 is 1.19 bits per heavy atom. The minimum absolute atomic E-state index is 0.0764.